The number of benzene rings is 2. The molecule has 0 aliphatic heterocycles. The van der Waals surface area contributed by atoms with Gasteiger partial charge in [-0.1, -0.05) is 42.5 Å². The second-order valence-corrected chi connectivity index (χ2v) is 6.01. The molecule has 0 heterocycles. The van der Waals surface area contributed by atoms with E-state index in [1.165, 1.54) is 0 Å². The van der Waals surface area contributed by atoms with Gasteiger partial charge in [0.05, 0.1) is 5.56 Å². The van der Waals surface area contributed by atoms with Gasteiger partial charge in [0, 0.05) is 19.1 Å². The molecular weight excluding hydrogens is 304 g/mol. The van der Waals surface area contributed by atoms with Crippen molar-refractivity contribution in [3.8, 4) is 0 Å². The molecule has 2 aromatic carbocycles. The second-order valence-electron chi connectivity index (χ2n) is 6.01. The zero-order valence-corrected chi connectivity index (χ0v) is 13.3. The molecule has 0 aromatic heterocycles. The molecular formula is C19H20N2O3. The molecule has 0 saturated heterocycles. The molecule has 1 aliphatic carbocycles. The van der Waals surface area contributed by atoms with Gasteiger partial charge in [0.2, 0.25) is 0 Å². The van der Waals surface area contributed by atoms with Crippen LogP contribution in [0, 0.1) is 0 Å². The van der Waals surface area contributed by atoms with Crippen LogP contribution in [0.1, 0.15) is 34.3 Å². The first-order valence-electron chi connectivity index (χ1n) is 8.04. The molecule has 3 rings (SSSR count). The number of hydrogen-bond donors (Lipinski definition) is 2. The highest BCUT2D eigenvalue weighted by Gasteiger charge is 2.32. The first kappa shape index (κ1) is 16.1. The number of amides is 2. The number of rotatable bonds is 6. The number of nitrogens with zero attached hydrogens (tertiary/aromatic N) is 1. The summed E-state index contributed by atoms with van der Waals surface area (Å²) in [5, 5.41) is 11.8. The Morgan fingerprint density at radius 1 is 1.00 bits per heavy atom. The number of carbonyl (C=O) groups excluding carboxylic acids is 1. The Morgan fingerprint density at radius 3 is 2.25 bits per heavy atom. The molecule has 2 aromatic rings. The van der Waals surface area contributed by atoms with Gasteiger partial charge in [-0.2, -0.15) is 0 Å². The molecule has 0 atom stereocenters. The number of hydrogen-bond acceptors (Lipinski definition) is 2. The zero-order valence-electron chi connectivity index (χ0n) is 13.3. The minimum absolute atomic E-state index is 0.0799. The van der Waals surface area contributed by atoms with Crippen LogP contribution in [0.25, 0.3) is 0 Å². The Bertz CT molecular complexity index is 709. The summed E-state index contributed by atoms with van der Waals surface area (Å²) in [6, 6.07) is 16.7. The van der Waals surface area contributed by atoms with Crippen LogP contribution in [0.15, 0.2) is 54.6 Å². The first-order chi connectivity index (χ1) is 11.6. The van der Waals surface area contributed by atoms with Crippen molar-refractivity contribution in [1.29, 1.82) is 0 Å². The maximum Gasteiger partial charge on any atom is 0.335 e. The lowest BCUT2D eigenvalue weighted by Gasteiger charge is -2.23. The molecule has 124 valence electrons. The van der Waals surface area contributed by atoms with Crippen molar-refractivity contribution in [2.75, 3.05) is 0 Å². The SMILES string of the molecule is O=C(O)c1ccc(CNC(=O)N(Cc2ccccc2)C2CC2)cc1. The number of nitrogens with one attached hydrogen (secondary N) is 1. The molecule has 1 aliphatic rings. The van der Waals surface area contributed by atoms with E-state index in [4.69, 9.17) is 5.11 Å². The van der Waals surface area contributed by atoms with E-state index in [1.54, 1.807) is 24.3 Å². The van der Waals surface area contributed by atoms with Crippen LogP contribution in [0.5, 0.6) is 0 Å². The molecule has 5 heteroatoms. The number of aromatic carboxylic acids is 1. The van der Waals surface area contributed by atoms with E-state index in [9.17, 15) is 9.59 Å². The average Bonchev–Trinajstić information content (AvgIpc) is 3.44. The average molecular weight is 324 g/mol. The number of carboxylic acid groups (broad SMARTS) is 1. The van der Waals surface area contributed by atoms with Gasteiger partial charge in [-0.3, -0.25) is 0 Å². The second kappa shape index (κ2) is 7.17. The smallest absolute Gasteiger partial charge is 0.335 e. The summed E-state index contributed by atoms with van der Waals surface area (Å²) in [6.07, 6.45) is 2.10. The monoisotopic (exact) mass is 324 g/mol. The van der Waals surface area contributed by atoms with E-state index in [2.05, 4.69) is 5.32 Å². The van der Waals surface area contributed by atoms with Gasteiger partial charge in [0.1, 0.15) is 0 Å². The van der Waals surface area contributed by atoms with Gasteiger partial charge in [-0.05, 0) is 36.1 Å². The Morgan fingerprint density at radius 2 is 1.67 bits per heavy atom. The fourth-order valence-corrected chi connectivity index (χ4v) is 2.58. The van der Waals surface area contributed by atoms with Gasteiger partial charge in [-0.15, -0.1) is 0 Å². The van der Waals surface area contributed by atoms with Crippen molar-refractivity contribution in [3.05, 3.63) is 71.3 Å². The molecule has 5 nitrogen and oxygen atoms in total. The van der Waals surface area contributed by atoms with Gasteiger partial charge in [-0.25, -0.2) is 9.59 Å². The van der Waals surface area contributed by atoms with Crippen molar-refractivity contribution < 1.29 is 14.7 Å². The summed E-state index contributed by atoms with van der Waals surface area (Å²) in [5.41, 5.74) is 2.24. The van der Waals surface area contributed by atoms with Gasteiger partial charge in [0.25, 0.3) is 0 Å². The highest BCUT2D eigenvalue weighted by atomic mass is 16.4. The third kappa shape index (κ3) is 4.13. The summed E-state index contributed by atoms with van der Waals surface area (Å²) in [6.45, 7) is 0.992. The summed E-state index contributed by atoms with van der Waals surface area (Å²) in [5.74, 6) is -0.951. The third-order valence-electron chi connectivity index (χ3n) is 4.09. The maximum absolute atomic E-state index is 12.5. The van der Waals surface area contributed by atoms with Gasteiger partial charge >= 0.3 is 12.0 Å². The van der Waals surface area contributed by atoms with Crippen molar-refractivity contribution >= 4 is 12.0 Å². The summed E-state index contributed by atoms with van der Waals surface area (Å²) < 4.78 is 0. The highest BCUT2D eigenvalue weighted by molar-refractivity contribution is 5.87. The van der Waals surface area contributed by atoms with Gasteiger partial charge < -0.3 is 15.3 Å². The lowest BCUT2D eigenvalue weighted by Crippen LogP contribution is -2.40. The molecule has 1 fully saturated rings. The molecule has 0 radical (unpaired) electrons. The molecule has 2 amide bonds. The fraction of sp³-hybridized carbons (Fsp3) is 0.263. The normalized spacial score (nSPS) is 13.3. The lowest BCUT2D eigenvalue weighted by atomic mass is 10.1. The number of carboxylic acids is 1. The number of carbonyl (C=O) groups is 2. The lowest BCUT2D eigenvalue weighted by molar-refractivity contribution is 0.0697. The number of urea groups is 1. The van der Waals surface area contributed by atoms with Crippen LogP contribution in [0.3, 0.4) is 0 Å². The van der Waals surface area contributed by atoms with Crippen molar-refractivity contribution in [1.82, 2.24) is 10.2 Å². The Hall–Kier alpha value is -2.82. The molecule has 24 heavy (non-hydrogen) atoms. The standard InChI is InChI=1S/C19H20N2O3/c22-18(23)16-8-6-14(7-9-16)12-20-19(24)21(17-10-11-17)13-15-4-2-1-3-5-15/h1-9,17H,10-13H2,(H,20,24)(H,22,23). The van der Waals surface area contributed by atoms with E-state index in [0.717, 1.165) is 24.0 Å². The van der Waals surface area contributed by atoms with E-state index < -0.39 is 5.97 Å². The van der Waals surface area contributed by atoms with Crippen molar-refractivity contribution in [2.24, 2.45) is 0 Å². The van der Waals surface area contributed by atoms with Crippen molar-refractivity contribution in [3.63, 3.8) is 0 Å². The zero-order chi connectivity index (χ0) is 16.9. The molecule has 0 unspecified atom stereocenters. The highest BCUT2D eigenvalue weighted by Crippen LogP contribution is 2.28. The fourth-order valence-electron chi connectivity index (χ4n) is 2.58. The predicted molar refractivity (Wildman–Crippen MR) is 90.6 cm³/mol. The van der Waals surface area contributed by atoms with Gasteiger partial charge in [0.15, 0.2) is 0 Å². The van der Waals surface area contributed by atoms with Crippen LogP contribution in [-0.2, 0) is 13.1 Å². The third-order valence-corrected chi connectivity index (χ3v) is 4.09. The quantitative estimate of drug-likeness (QED) is 0.857. The van der Waals surface area contributed by atoms with Crippen molar-refractivity contribution in [2.45, 2.75) is 32.0 Å². The van der Waals surface area contributed by atoms with E-state index in [0.29, 0.717) is 19.1 Å². The summed E-state index contributed by atoms with van der Waals surface area (Å²) in [4.78, 5) is 25.2. The van der Waals surface area contributed by atoms with E-state index in [1.807, 2.05) is 35.2 Å². The molecule has 0 spiro atoms. The Kier molecular flexibility index (Phi) is 4.79. The largest absolute Gasteiger partial charge is 0.478 e. The predicted octanol–water partition coefficient (Wildman–Crippen LogP) is 3.26. The maximum atomic E-state index is 12.5. The van der Waals surface area contributed by atoms with Crippen LogP contribution in [-0.4, -0.2) is 28.0 Å². The molecule has 2 N–H and O–H groups in total. The Balaban J connectivity index is 1.58. The minimum atomic E-state index is -0.951. The molecule has 1 saturated carbocycles. The Labute approximate surface area is 140 Å². The summed E-state index contributed by atoms with van der Waals surface area (Å²) in [7, 11) is 0. The van der Waals surface area contributed by atoms with Crippen LogP contribution < -0.4 is 5.32 Å². The van der Waals surface area contributed by atoms with Crippen LogP contribution in [0.4, 0.5) is 4.79 Å². The van der Waals surface area contributed by atoms with Crippen LogP contribution >= 0.6 is 0 Å². The van der Waals surface area contributed by atoms with Crippen LogP contribution in [0.2, 0.25) is 0 Å². The van der Waals surface area contributed by atoms with E-state index in [-0.39, 0.29) is 11.6 Å². The minimum Gasteiger partial charge on any atom is -0.478 e. The first-order valence-corrected chi connectivity index (χ1v) is 8.04. The van der Waals surface area contributed by atoms with E-state index >= 15 is 0 Å². The molecule has 0 bridgehead atoms. The topological polar surface area (TPSA) is 69.6 Å². The summed E-state index contributed by atoms with van der Waals surface area (Å²) >= 11 is 0.